The van der Waals surface area contributed by atoms with E-state index in [1.807, 2.05) is 0 Å². The van der Waals surface area contributed by atoms with Crippen molar-refractivity contribution in [2.75, 3.05) is 0 Å². The van der Waals surface area contributed by atoms with E-state index < -0.39 is 30.6 Å². The fourth-order valence-corrected chi connectivity index (χ4v) is 3.25. The Balaban J connectivity index is 2.33. The van der Waals surface area contributed by atoms with E-state index in [1.54, 1.807) is 0 Å². The van der Waals surface area contributed by atoms with E-state index in [9.17, 15) is 17.6 Å². The van der Waals surface area contributed by atoms with Gasteiger partial charge >= 0.3 is 0 Å². The fourth-order valence-electron chi connectivity index (χ4n) is 2.73. The van der Waals surface area contributed by atoms with Gasteiger partial charge in [0.1, 0.15) is 6.17 Å². The summed E-state index contributed by atoms with van der Waals surface area (Å²) in [7, 11) is 0. The summed E-state index contributed by atoms with van der Waals surface area (Å²) in [5.41, 5.74) is -2.63. The minimum absolute atomic E-state index is 0.0732. The van der Waals surface area contributed by atoms with Gasteiger partial charge in [-0.3, -0.25) is 0 Å². The van der Waals surface area contributed by atoms with E-state index in [0.29, 0.717) is 4.47 Å². The zero-order valence-electron chi connectivity index (χ0n) is 8.04. The number of hydrogen-bond donors (Lipinski definition) is 0. The Bertz CT molecular complexity index is 485. The second-order valence-corrected chi connectivity index (χ2v) is 5.30. The van der Waals surface area contributed by atoms with E-state index in [-0.39, 0.29) is 16.7 Å². The van der Waals surface area contributed by atoms with Gasteiger partial charge < -0.3 is 0 Å². The minimum Gasteiger partial charge on any atom is -0.242 e. The largest absolute Gasteiger partial charge is 0.289 e. The third kappa shape index (κ3) is 1.05. The van der Waals surface area contributed by atoms with Crippen LogP contribution in [-0.4, -0.2) is 5.92 Å². The van der Waals surface area contributed by atoms with Gasteiger partial charge in [0, 0.05) is 22.9 Å². The molecule has 0 saturated carbocycles. The van der Waals surface area contributed by atoms with Gasteiger partial charge in [-0.1, -0.05) is 15.9 Å². The molecular weight excluding hydrogens is 288 g/mol. The Labute approximate surface area is 97.8 Å². The van der Waals surface area contributed by atoms with Crippen molar-refractivity contribution < 1.29 is 17.6 Å². The third-order valence-corrected chi connectivity index (χ3v) is 3.86. The number of halogens is 5. The summed E-state index contributed by atoms with van der Waals surface area (Å²) in [4.78, 5) is 0. The van der Waals surface area contributed by atoms with Gasteiger partial charge in [0.05, 0.1) is 0 Å². The summed E-state index contributed by atoms with van der Waals surface area (Å²) < 4.78 is 55.5. The molecule has 0 nitrogen and oxygen atoms in total. The van der Waals surface area contributed by atoms with Crippen LogP contribution in [0.5, 0.6) is 0 Å². The lowest BCUT2D eigenvalue weighted by Gasteiger charge is -2.23. The van der Waals surface area contributed by atoms with Crippen molar-refractivity contribution in [3.05, 3.63) is 33.3 Å². The van der Waals surface area contributed by atoms with E-state index in [0.717, 1.165) is 0 Å². The van der Waals surface area contributed by atoms with Crippen LogP contribution < -0.4 is 0 Å². The molecule has 0 bridgehead atoms. The molecule has 3 rings (SSSR count). The molecule has 0 fully saturated rings. The van der Waals surface area contributed by atoms with Gasteiger partial charge in [0.25, 0.3) is 5.92 Å². The van der Waals surface area contributed by atoms with Gasteiger partial charge in [-0.05, 0) is 23.3 Å². The first-order chi connectivity index (χ1) is 7.35. The molecule has 0 radical (unpaired) electrons. The first kappa shape index (κ1) is 10.6. The van der Waals surface area contributed by atoms with Gasteiger partial charge in [0.15, 0.2) is 0 Å². The number of hydrogen-bond acceptors (Lipinski definition) is 0. The summed E-state index contributed by atoms with van der Waals surface area (Å²) in [6, 6.07) is 2.85. The first-order valence-corrected chi connectivity index (χ1v) is 5.68. The maximum Gasteiger partial charge on any atom is 0.289 e. The molecule has 2 aliphatic carbocycles. The standard InChI is InChI=1S/C11H7BrF4/c12-6-1-5-3-11(15,16)10(14)4-8(13)7(2-6)9(5)10/h1-2,8H,3-4H2/t8-,10+/m1/s1. The molecule has 86 valence electrons. The van der Waals surface area contributed by atoms with Crippen LogP contribution in [0.15, 0.2) is 16.6 Å². The van der Waals surface area contributed by atoms with Crippen LogP contribution in [0.25, 0.3) is 0 Å². The van der Waals surface area contributed by atoms with E-state index >= 15 is 0 Å². The molecule has 0 aromatic heterocycles. The predicted molar refractivity (Wildman–Crippen MR) is 54.0 cm³/mol. The number of alkyl halides is 4. The van der Waals surface area contributed by atoms with Crippen molar-refractivity contribution in [2.24, 2.45) is 0 Å². The quantitative estimate of drug-likeness (QED) is 0.629. The summed E-state index contributed by atoms with van der Waals surface area (Å²) in [6.45, 7) is 0. The highest BCUT2D eigenvalue weighted by atomic mass is 79.9. The SMILES string of the molecule is F[C@@H]1C[C@]2(F)c3c(cc(Br)cc31)CC2(F)F. The molecule has 16 heavy (non-hydrogen) atoms. The molecule has 0 amide bonds. The van der Waals surface area contributed by atoms with Crippen molar-refractivity contribution >= 4 is 15.9 Å². The van der Waals surface area contributed by atoms with Crippen LogP contribution in [0.1, 0.15) is 29.3 Å². The molecule has 0 heterocycles. The van der Waals surface area contributed by atoms with Crippen molar-refractivity contribution in [1.82, 2.24) is 0 Å². The predicted octanol–water partition coefficient (Wildman–Crippen LogP) is 4.22. The van der Waals surface area contributed by atoms with Crippen molar-refractivity contribution in [1.29, 1.82) is 0 Å². The highest BCUT2D eigenvalue weighted by molar-refractivity contribution is 9.10. The molecule has 0 saturated heterocycles. The Morgan fingerprint density at radius 3 is 2.62 bits per heavy atom. The molecular formula is C11H7BrF4. The molecule has 5 heteroatoms. The zero-order valence-corrected chi connectivity index (χ0v) is 9.62. The van der Waals surface area contributed by atoms with E-state index in [2.05, 4.69) is 15.9 Å². The lowest BCUT2D eigenvalue weighted by molar-refractivity contribution is -0.134. The van der Waals surface area contributed by atoms with E-state index in [4.69, 9.17) is 0 Å². The van der Waals surface area contributed by atoms with Crippen LogP contribution in [0, 0.1) is 0 Å². The van der Waals surface area contributed by atoms with Crippen LogP contribution in [-0.2, 0) is 12.1 Å². The van der Waals surface area contributed by atoms with Crippen molar-refractivity contribution in [2.45, 2.75) is 30.6 Å². The normalized spacial score (nSPS) is 34.2. The fraction of sp³-hybridized carbons (Fsp3) is 0.455. The summed E-state index contributed by atoms with van der Waals surface area (Å²) in [6.07, 6.45) is -3.04. The maximum absolute atomic E-state index is 14.2. The second kappa shape index (κ2) is 2.81. The van der Waals surface area contributed by atoms with Crippen molar-refractivity contribution in [3.8, 4) is 0 Å². The summed E-state index contributed by atoms with van der Waals surface area (Å²) >= 11 is 3.12. The third-order valence-electron chi connectivity index (χ3n) is 3.40. The molecule has 0 aliphatic heterocycles. The average Bonchev–Trinajstić information content (AvgIpc) is 2.48. The second-order valence-electron chi connectivity index (χ2n) is 4.38. The summed E-state index contributed by atoms with van der Waals surface area (Å²) in [5, 5.41) is 0. The zero-order chi connectivity index (χ0) is 11.7. The molecule has 2 atom stereocenters. The lowest BCUT2D eigenvalue weighted by Crippen LogP contribution is -2.36. The van der Waals surface area contributed by atoms with Gasteiger partial charge in [-0.25, -0.2) is 17.6 Å². The van der Waals surface area contributed by atoms with Crippen LogP contribution >= 0.6 is 15.9 Å². The molecule has 0 spiro atoms. The monoisotopic (exact) mass is 294 g/mol. The number of benzene rings is 1. The van der Waals surface area contributed by atoms with Gasteiger partial charge in [-0.15, -0.1) is 0 Å². The maximum atomic E-state index is 14.2. The molecule has 1 aromatic carbocycles. The lowest BCUT2D eigenvalue weighted by atomic mass is 9.98. The molecule has 1 aromatic rings. The summed E-state index contributed by atoms with van der Waals surface area (Å²) in [5.74, 6) is -3.49. The molecule has 2 aliphatic rings. The minimum atomic E-state index is -3.49. The van der Waals surface area contributed by atoms with E-state index in [1.165, 1.54) is 12.1 Å². The molecule has 0 N–H and O–H groups in total. The molecule has 0 unspecified atom stereocenters. The van der Waals surface area contributed by atoms with Crippen molar-refractivity contribution in [3.63, 3.8) is 0 Å². The van der Waals surface area contributed by atoms with Crippen LogP contribution in [0.3, 0.4) is 0 Å². The topological polar surface area (TPSA) is 0 Å². The Morgan fingerprint density at radius 1 is 1.25 bits per heavy atom. The highest BCUT2D eigenvalue weighted by Gasteiger charge is 2.66. The number of rotatable bonds is 0. The average molecular weight is 295 g/mol. The highest BCUT2D eigenvalue weighted by Crippen LogP contribution is 2.62. The smallest absolute Gasteiger partial charge is 0.242 e. The van der Waals surface area contributed by atoms with Gasteiger partial charge in [-0.2, -0.15) is 0 Å². The van der Waals surface area contributed by atoms with Crippen LogP contribution in [0.2, 0.25) is 0 Å². The Kier molecular flexibility index (Phi) is 1.85. The first-order valence-electron chi connectivity index (χ1n) is 4.89. The Hall–Kier alpha value is -0.580. The van der Waals surface area contributed by atoms with Gasteiger partial charge in [0.2, 0.25) is 5.67 Å². The Morgan fingerprint density at radius 2 is 1.94 bits per heavy atom. The van der Waals surface area contributed by atoms with Crippen LogP contribution in [0.4, 0.5) is 17.6 Å².